The number of nitrogens with zero attached hydrogens (tertiary/aromatic N) is 2. The number of nitriles is 1. The summed E-state index contributed by atoms with van der Waals surface area (Å²) < 4.78 is 0. The number of carbonyl (C=O) groups is 1. The lowest BCUT2D eigenvalue weighted by Crippen LogP contribution is -2.31. The molecule has 3 heteroatoms. The minimum Gasteiger partial charge on any atom is -0.339 e. The van der Waals surface area contributed by atoms with E-state index in [1.165, 1.54) is 5.56 Å². The third-order valence-electron chi connectivity index (χ3n) is 3.38. The topological polar surface area (TPSA) is 44.1 Å². The van der Waals surface area contributed by atoms with Crippen LogP contribution in [0.15, 0.2) is 24.3 Å². The maximum atomic E-state index is 12.4. The van der Waals surface area contributed by atoms with Crippen LogP contribution < -0.4 is 0 Å². The summed E-state index contributed by atoms with van der Waals surface area (Å²) in [5.41, 5.74) is 2.03. The van der Waals surface area contributed by atoms with Gasteiger partial charge in [-0.1, -0.05) is 18.2 Å². The molecule has 0 saturated heterocycles. The molecule has 0 fully saturated rings. The first kappa shape index (κ1) is 12.6. The van der Waals surface area contributed by atoms with E-state index in [-0.39, 0.29) is 5.91 Å². The van der Waals surface area contributed by atoms with Crippen molar-refractivity contribution in [2.24, 2.45) is 0 Å². The van der Waals surface area contributed by atoms with E-state index in [0.717, 1.165) is 44.3 Å². The number of hydrogen-bond donors (Lipinski definition) is 0. The molecule has 3 nitrogen and oxygen atoms in total. The van der Waals surface area contributed by atoms with Crippen LogP contribution in [0.4, 0.5) is 0 Å². The average molecular weight is 242 g/mol. The van der Waals surface area contributed by atoms with Crippen LogP contribution in [0.25, 0.3) is 0 Å². The van der Waals surface area contributed by atoms with Crippen molar-refractivity contribution in [1.29, 1.82) is 5.26 Å². The fourth-order valence-electron chi connectivity index (χ4n) is 2.40. The molecule has 1 aliphatic rings. The third kappa shape index (κ3) is 2.89. The number of fused-ring (bicyclic) bond motifs is 1. The van der Waals surface area contributed by atoms with Gasteiger partial charge in [-0.25, -0.2) is 0 Å². The predicted octanol–water partition coefficient (Wildman–Crippen LogP) is 2.77. The summed E-state index contributed by atoms with van der Waals surface area (Å²) in [5, 5.41) is 8.50. The fourth-order valence-corrected chi connectivity index (χ4v) is 2.40. The van der Waals surface area contributed by atoms with E-state index in [2.05, 4.69) is 6.07 Å². The van der Waals surface area contributed by atoms with Crippen molar-refractivity contribution in [3.05, 3.63) is 35.4 Å². The van der Waals surface area contributed by atoms with E-state index < -0.39 is 0 Å². The van der Waals surface area contributed by atoms with Gasteiger partial charge in [0.1, 0.15) is 0 Å². The zero-order chi connectivity index (χ0) is 12.8. The largest absolute Gasteiger partial charge is 0.339 e. The average Bonchev–Trinajstić information content (AvgIpc) is 2.56. The van der Waals surface area contributed by atoms with Gasteiger partial charge in [-0.2, -0.15) is 5.26 Å². The van der Waals surface area contributed by atoms with Crippen molar-refractivity contribution in [3.63, 3.8) is 0 Å². The number of carbonyl (C=O) groups excluding carboxylic acids is 1. The number of aryl methyl sites for hydroxylation is 1. The van der Waals surface area contributed by atoms with Crippen molar-refractivity contribution >= 4 is 5.91 Å². The fraction of sp³-hybridized carbons (Fsp3) is 0.467. The zero-order valence-electron chi connectivity index (χ0n) is 10.6. The minimum atomic E-state index is 0.153. The van der Waals surface area contributed by atoms with Gasteiger partial charge in [-0.05, 0) is 37.3 Å². The van der Waals surface area contributed by atoms with Crippen LogP contribution in [0.1, 0.15) is 41.6 Å². The Morgan fingerprint density at radius 2 is 2.11 bits per heavy atom. The molecule has 0 radical (unpaired) electrons. The van der Waals surface area contributed by atoms with Gasteiger partial charge in [0.05, 0.1) is 6.07 Å². The van der Waals surface area contributed by atoms with Crippen molar-refractivity contribution in [2.45, 2.75) is 32.1 Å². The van der Waals surface area contributed by atoms with Gasteiger partial charge >= 0.3 is 0 Å². The lowest BCUT2D eigenvalue weighted by molar-refractivity contribution is 0.0758. The molecule has 1 aliphatic heterocycles. The second-order valence-corrected chi connectivity index (χ2v) is 4.67. The Morgan fingerprint density at radius 3 is 2.94 bits per heavy atom. The summed E-state index contributed by atoms with van der Waals surface area (Å²) in [4.78, 5) is 14.3. The standard InChI is InChI=1S/C15H18N2O/c16-10-4-1-5-11-17-12-6-8-13-7-2-3-9-14(13)15(17)18/h2-3,7,9H,1,4-6,8,11-12H2. The highest BCUT2D eigenvalue weighted by atomic mass is 16.2. The summed E-state index contributed by atoms with van der Waals surface area (Å²) in [7, 11) is 0. The van der Waals surface area contributed by atoms with Crippen LogP contribution in [-0.4, -0.2) is 23.9 Å². The van der Waals surface area contributed by atoms with Crippen LogP contribution in [0.5, 0.6) is 0 Å². The lowest BCUT2D eigenvalue weighted by atomic mass is 10.0. The summed E-state index contributed by atoms with van der Waals surface area (Å²) >= 11 is 0. The van der Waals surface area contributed by atoms with E-state index in [4.69, 9.17) is 5.26 Å². The van der Waals surface area contributed by atoms with Crippen LogP contribution in [0, 0.1) is 11.3 Å². The molecule has 1 amide bonds. The molecule has 0 aromatic heterocycles. The SMILES string of the molecule is N#CCCCCN1CCCc2ccccc2C1=O. The molecule has 0 bridgehead atoms. The molecule has 0 unspecified atom stereocenters. The Hall–Kier alpha value is -1.82. The Kier molecular flexibility index (Phi) is 4.35. The molecule has 18 heavy (non-hydrogen) atoms. The van der Waals surface area contributed by atoms with Gasteiger partial charge in [0, 0.05) is 25.1 Å². The molecule has 1 aromatic rings. The quantitative estimate of drug-likeness (QED) is 0.762. The number of unbranched alkanes of at least 4 members (excludes halogenated alkanes) is 2. The van der Waals surface area contributed by atoms with E-state index in [0.29, 0.717) is 6.42 Å². The van der Waals surface area contributed by atoms with Crippen molar-refractivity contribution in [1.82, 2.24) is 4.90 Å². The maximum absolute atomic E-state index is 12.4. The zero-order valence-corrected chi connectivity index (χ0v) is 10.6. The van der Waals surface area contributed by atoms with Crippen LogP contribution in [0.2, 0.25) is 0 Å². The molecular formula is C15H18N2O. The van der Waals surface area contributed by atoms with Gasteiger partial charge in [-0.15, -0.1) is 0 Å². The molecule has 0 atom stereocenters. The Balaban J connectivity index is 2.02. The van der Waals surface area contributed by atoms with Crippen LogP contribution in [0.3, 0.4) is 0 Å². The normalized spacial score (nSPS) is 14.8. The van der Waals surface area contributed by atoms with Gasteiger partial charge in [0.15, 0.2) is 0 Å². The molecule has 2 rings (SSSR count). The van der Waals surface area contributed by atoms with Gasteiger partial charge in [0.25, 0.3) is 5.91 Å². The molecule has 1 heterocycles. The molecule has 0 saturated carbocycles. The monoisotopic (exact) mass is 242 g/mol. The Labute approximate surface area is 108 Å². The van der Waals surface area contributed by atoms with E-state index in [9.17, 15) is 4.79 Å². The summed E-state index contributed by atoms with van der Waals surface area (Å²) in [5.74, 6) is 0.153. The third-order valence-corrected chi connectivity index (χ3v) is 3.38. The molecule has 94 valence electrons. The molecule has 0 aliphatic carbocycles. The van der Waals surface area contributed by atoms with Crippen molar-refractivity contribution in [3.8, 4) is 6.07 Å². The van der Waals surface area contributed by atoms with Crippen LogP contribution >= 0.6 is 0 Å². The summed E-state index contributed by atoms with van der Waals surface area (Å²) in [6.07, 6.45) is 4.39. The van der Waals surface area contributed by atoms with Gasteiger partial charge in [-0.3, -0.25) is 4.79 Å². The Morgan fingerprint density at radius 1 is 1.28 bits per heavy atom. The lowest BCUT2D eigenvalue weighted by Gasteiger charge is -2.20. The molecular weight excluding hydrogens is 224 g/mol. The van der Waals surface area contributed by atoms with E-state index >= 15 is 0 Å². The smallest absolute Gasteiger partial charge is 0.254 e. The maximum Gasteiger partial charge on any atom is 0.254 e. The summed E-state index contributed by atoms with van der Waals surface area (Å²) in [6.45, 7) is 1.61. The second-order valence-electron chi connectivity index (χ2n) is 4.67. The second kappa shape index (κ2) is 6.20. The summed E-state index contributed by atoms with van der Waals surface area (Å²) in [6, 6.07) is 10.0. The first-order valence-electron chi connectivity index (χ1n) is 6.57. The van der Waals surface area contributed by atoms with Crippen molar-refractivity contribution < 1.29 is 4.79 Å². The first-order chi connectivity index (χ1) is 8.83. The van der Waals surface area contributed by atoms with Gasteiger partial charge in [0.2, 0.25) is 0 Å². The van der Waals surface area contributed by atoms with Crippen LogP contribution in [-0.2, 0) is 6.42 Å². The molecule has 0 N–H and O–H groups in total. The van der Waals surface area contributed by atoms with Gasteiger partial charge < -0.3 is 4.90 Å². The van der Waals surface area contributed by atoms with Crippen molar-refractivity contribution in [2.75, 3.05) is 13.1 Å². The number of hydrogen-bond acceptors (Lipinski definition) is 2. The van der Waals surface area contributed by atoms with E-state index in [1.54, 1.807) is 0 Å². The Bertz CT molecular complexity index is 462. The number of rotatable bonds is 4. The minimum absolute atomic E-state index is 0.153. The number of benzene rings is 1. The predicted molar refractivity (Wildman–Crippen MR) is 70.1 cm³/mol. The number of amides is 1. The molecule has 1 aromatic carbocycles. The van der Waals surface area contributed by atoms with E-state index in [1.807, 2.05) is 29.2 Å². The highest BCUT2D eigenvalue weighted by Crippen LogP contribution is 2.18. The highest BCUT2D eigenvalue weighted by Gasteiger charge is 2.21. The highest BCUT2D eigenvalue weighted by molar-refractivity contribution is 5.96. The first-order valence-corrected chi connectivity index (χ1v) is 6.57. The molecule has 0 spiro atoms.